The second-order valence-electron chi connectivity index (χ2n) is 5.17. The summed E-state index contributed by atoms with van der Waals surface area (Å²) in [5.74, 6) is 0.974. The lowest BCUT2D eigenvalue weighted by Crippen LogP contribution is -2.22. The van der Waals surface area contributed by atoms with Crippen LogP contribution in [0, 0.1) is 5.92 Å². The van der Waals surface area contributed by atoms with Gasteiger partial charge in [-0.2, -0.15) is 0 Å². The molecule has 2 rings (SSSR count). The summed E-state index contributed by atoms with van der Waals surface area (Å²) in [6.07, 6.45) is 6.52. The first-order valence-electron chi connectivity index (χ1n) is 6.89. The Balaban J connectivity index is 2.06. The molecule has 1 atom stereocenters. The largest absolute Gasteiger partial charge is 0.310 e. The van der Waals surface area contributed by atoms with Crippen molar-refractivity contribution in [2.45, 2.75) is 45.1 Å². The maximum atomic E-state index is 6.41. The first-order valence-corrected chi connectivity index (χ1v) is 8.06. The van der Waals surface area contributed by atoms with Crippen molar-refractivity contribution < 1.29 is 0 Å². The minimum Gasteiger partial charge on any atom is -0.310 e. The van der Waals surface area contributed by atoms with Crippen molar-refractivity contribution in [3.8, 4) is 0 Å². The Kier molecular flexibility index (Phi) is 5.53. The minimum absolute atomic E-state index is 0.399. The van der Waals surface area contributed by atoms with Gasteiger partial charge in [-0.25, -0.2) is 0 Å². The molecular formula is C15H21BrClN. The molecule has 3 heteroatoms. The van der Waals surface area contributed by atoms with Crippen LogP contribution in [0.15, 0.2) is 22.7 Å². The van der Waals surface area contributed by atoms with E-state index in [0.717, 1.165) is 28.4 Å². The van der Waals surface area contributed by atoms with E-state index in [1.807, 2.05) is 6.07 Å². The monoisotopic (exact) mass is 329 g/mol. The van der Waals surface area contributed by atoms with Gasteiger partial charge in [-0.1, -0.05) is 43.5 Å². The molecule has 18 heavy (non-hydrogen) atoms. The van der Waals surface area contributed by atoms with Gasteiger partial charge < -0.3 is 5.32 Å². The molecule has 0 aliphatic heterocycles. The van der Waals surface area contributed by atoms with Gasteiger partial charge in [0.05, 0.1) is 5.02 Å². The van der Waals surface area contributed by atoms with Crippen LogP contribution in [0.5, 0.6) is 0 Å². The predicted octanol–water partition coefficient (Wildman–Crippen LogP) is 5.33. The van der Waals surface area contributed by atoms with E-state index < -0.39 is 0 Å². The molecule has 1 saturated carbocycles. The zero-order valence-electron chi connectivity index (χ0n) is 10.9. The summed E-state index contributed by atoms with van der Waals surface area (Å²) < 4.78 is 0.997. The molecule has 1 aromatic rings. The van der Waals surface area contributed by atoms with Gasteiger partial charge in [0, 0.05) is 10.5 Å². The highest BCUT2D eigenvalue weighted by Gasteiger charge is 2.23. The highest BCUT2D eigenvalue weighted by atomic mass is 79.9. The quantitative estimate of drug-likeness (QED) is 0.712. The van der Waals surface area contributed by atoms with Gasteiger partial charge in [0.25, 0.3) is 0 Å². The third-order valence-electron chi connectivity index (χ3n) is 3.56. The first kappa shape index (κ1) is 14.4. The Labute approximate surface area is 123 Å². The van der Waals surface area contributed by atoms with Crippen LogP contribution in [0.2, 0.25) is 5.02 Å². The van der Waals surface area contributed by atoms with Crippen molar-refractivity contribution in [2.75, 3.05) is 6.54 Å². The van der Waals surface area contributed by atoms with Gasteiger partial charge in [-0.05, 0) is 59.3 Å². The average Bonchev–Trinajstić information content (AvgIpc) is 3.18. The van der Waals surface area contributed by atoms with Gasteiger partial charge in [0.1, 0.15) is 0 Å². The van der Waals surface area contributed by atoms with Gasteiger partial charge in [0.15, 0.2) is 0 Å². The molecule has 1 fully saturated rings. The highest BCUT2D eigenvalue weighted by molar-refractivity contribution is 9.10. The fraction of sp³-hybridized carbons (Fsp3) is 0.600. The van der Waals surface area contributed by atoms with Crippen LogP contribution < -0.4 is 5.32 Å². The van der Waals surface area contributed by atoms with Crippen molar-refractivity contribution in [2.24, 2.45) is 5.92 Å². The van der Waals surface area contributed by atoms with Crippen LogP contribution >= 0.6 is 27.5 Å². The van der Waals surface area contributed by atoms with E-state index >= 15 is 0 Å². The lowest BCUT2D eigenvalue weighted by molar-refractivity contribution is 0.470. The Hall–Kier alpha value is -0.0500. The van der Waals surface area contributed by atoms with Crippen LogP contribution in [0.3, 0.4) is 0 Å². The fourth-order valence-corrected chi connectivity index (χ4v) is 2.92. The molecule has 1 aliphatic carbocycles. The number of hydrogen-bond acceptors (Lipinski definition) is 1. The summed E-state index contributed by atoms with van der Waals surface area (Å²) in [6, 6.07) is 6.62. The average molecular weight is 331 g/mol. The first-order chi connectivity index (χ1) is 8.72. The number of nitrogens with one attached hydrogen (secondary N) is 1. The van der Waals surface area contributed by atoms with Crippen LogP contribution in [0.25, 0.3) is 0 Å². The van der Waals surface area contributed by atoms with Crippen molar-refractivity contribution in [1.29, 1.82) is 0 Å². The van der Waals surface area contributed by atoms with Crippen molar-refractivity contribution in [1.82, 2.24) is 5.32 Å². The number of rotatable bonds is 7. The summed E-state index contributed by atoms with van der Waals surface area (Å²) in [5.41, 5.74) is 1.24. The number of benzene rings is 1. The summed E-state index contributed by atoms with van der Waals surface area (Å²) in [5, 5.41) is 4.49. The van der Waals surface area contributed by atoms with E-state index in [9.17, 15) is 0 Å². The van der Waals surface area contributed by atoms with Crippen molar-refractivity contribution in [3.63, 3.8) is 0 Å². The molecule has 0 bridgehead atoms. The van der Waals surface area contributed by atoms with Gasteiger partial charge in [0.2, 0.25) is 0 Å². The molecule has 0 heterocycles. The summed E-state index contributed by atoms with van der Waals surface area (Å²) >= 11 is 9.93. The van der Waals surface area contributed by atoms with E-state index in [2.05, 4.69) is 40.3 Å². The molecule has 1 unspecified atom stereocenters. The third-order valence-corrected chi connectivity index (χ3v) is 4.87. The van der Waals surface area contributed by atoms with Gasteiger partial charge in [-0.3, -0.25) is 0 Å². The zero-order valence-corrected chi connectivity index (χ0v) is 13.2. The molecule has 1 N–H and O–H groups in total. The van der Waals surface area contributed by atoms with E-state index in [1.54, 1.807) is 0 Å². The Bertz CT molecular complexity index is 390. The lowest BCUT2D eigenvalue weighted by atomic mass is 10.00. The summed E-state index contributed by atoms with van der Waals surface area (Å²) in [4.78, 5) is 0. The fourth-order valence-electron chi connectivity index (χ4n) is 2.28. The van der Waals surface area contributed by atoms with E-state index in [4.69, 9.17) is 11.6 Å². The molecule has 0 amide bonds. The summed E-state index contributed by atoms with van der Waals surface area (Å²) in [7, 11) is 0. The number of halogens is 2. The second-order valence-corrected chi connectivity index (χ2v) is 6.40. The van der Waals surface area contributed by atoms with E-state index in [-0.39, 0.29) is 0 Å². The van der Waals surface area contributed by atoms with Crippen molar-refractivity contribution >= 4 is 27.5 Å². The van der Waals surface area contributed by atoms with Crippen LogP contribution in [-0.4, -0.2) is 6.54 Å². The maximum Gasteiger partial charge on any atom is 0.0595 e. The van der Waals surface area contributed by atoms with Crippen LogP contribution in [0.4, 0.5) is 0 Å². The van der Waals surface area contributed by atoms with Crippen LogP contribution in [-0.2, 0) is 0 Å². The molecule has 0 radical (unpaired) electrons. The van der Waals surface area contributed by atoms with E-state index in [0.29, 0.717) is 6.04 Å². The molecule has 1 aromatic carbocycles. The molecule has 0 aromatic heterocycles. The van der Waals surface area contributed by atoms with Gasteiger partial charge in [-0.15, -0.1) is 0 Å². The summed E-state index contributed by atoms with van der Waals surface area (Å²) in [6.45, 7) is 3.26. The Morgan fingerprint density at radius 3 is 2.89 bits per heavy atom. The topological polar surface area (TPSA) is 12.0 Å². The SMILES string of the molecule is CCCNC(CCC1CC1)c1cccc(Br)c1Cl. The maximum absolute atomic E-state index is 6.41. The normalized spacial score (nSPS) is 16.8. The third kappa shape index (κ3) is 3.97. The molecule has 0 spiro atoms. The zero-order chi connectivity index (χ0) is 13.0. The van der Waals surface area contributed by atoms with Crippen LogP contribution in [0.1, 0.15) is 50.6 Å². The Morgan fingerprint density at radius 1 is 1.44 bits per heavy atom. The van der Waals surface area contributed by atoms with Crippen molar-refractivity contribution in [3.05, 3.63) is 33.3 Å². The lowest BCUT2D eigenvalue weighted by Gasteiger charge is -2.20. The predicted molar refractivity (Wildman–Crippen MR) is 82.1 cm³/mol. The number of hydrogen-bond donors (Lipinski definition) is 1. The smallest absolute Gasteiger partial charge is 0.0595 e. The Morgan fingerprint density at radius 2 is 2.22 bits per heavy atom. The minimum atomic E-state index is 0.399. The molecular weight excluding hydrogens is 310 g/mol. The standard InChI is InChI=1S/C15H21BrClN/c1-2-10-18-14(9-8-11-6-7-11)12-4-3-5-13(16)15(12)17/h3-5,11,14,18H,2,6-10H2,1H3. The molecule has 100 valence electrons. The highest BCUT2D eigenvalue weighted by Crippen LogP contribution is 2.38. The van der Waals surface area contributed by atoms with E-state index in [1.165, 1.54) is 31.2 Å². The molecule has 1 nitrogen and oxygen atoms in total. The second kappa shape index (κ2) is 6.93. The molecule has 0 saturated heterocycles. The molecule has 1 aliphatic rings. The van der Waals surface area contributed by atoms with Gasteiger partial charge >= 0.3 is 0 Å².